The van der Waals surface area contributed by atoms with Gasteiger partial charge in [-0.3, -0.25) is 0 Å². The van der Waals surface area contributed by atoms with Crippen molar-refractivity contribution in [2.45, 2.75) is 25.8 Å². The third-order valence-electron chi connectivity index (χ3n) is 3.81. The fraction of sp³-hybridized carbons (Fsp3) is 0.600. The molecule has 0 spiro atoms. The molecule has 0 saturated carbocycles. The Labute approximate surface area is 115 Å². The summed E-state index contributed by atoms with van der Waals surface area (Å²) in [6, 6.07) is 8.42. The molecule has 1 saturated heterocycles. The van der Waals surface area contributed by atoms with Crippen molar-refractivity contribution in [3.63, 3.8) is 0 Å². The highest BCUT2D eigenvalue weighted by Crippen LogP contribution is 2.23. The summed E-state index contributed by atoms with van der Waals surface area (Å²) in [5, 5.41) is 4.48. The highest BCUT2D eigenvalue weighted by molar-refractivity contribution is 6.31. The number of hydrogen-bond acceptors (Lipinski definition) is 2. The summed E-state index contributed by atoms with van der Waals surface area (Å²) >= 11 is 6.22. The van der Waals surface area contributed by atoms with Gasteiger partial charge in [-0.25, -0.2) is 0 Å². The minimum absolute atomic E-state index is 0.325. The van der Waals surface area contributed by atoms with Crippen molar-refractivity contribution in [2.24, 2.45) is 5.92 Å². The van der Waals surface area contributed by atoms with Gasteiger partial charge in [-0.15, -0.1) is 0 Å². The van der Waals surface area contributed by atoms with E-state index in [9.17, 15) is 0 Å². The van der Waals surface area contributed by atoms with E-state index >= 15 is 0 Å². The topological polar surface area (TPSA) is 15.3 Å². The Hall–Kier alpha value is -0.570. The van der Waals surface area contributed by atoms with E-state index in [0.29, 0.717) is 6.04 Å². The van der Waals surface area contributed by atoms with E-state index < -0.39 is 0 Å². The summed E-state index contributed by atoms with van der Waals surface area (Å²) in [6.07, 6.45) is 2.66. The van der Waals surface area contributed by atoms with Crippen LogP contribution in [0.2, 0.25) is 5.02 Å². The van der Waals surface area contributed by atoms with Crippen molar-refractivity contribution in [3.8, 4) is 0 Å². The van der Waals surface area contributed by atoms with Crippen LogP contribution in [0.25, 0.3) is 0 Å². The van der Waals surface area contributed by atoms with Crippen LogP contribution in [-0.2, 0) is 0 Å². The van der Waals surface area contributed by atoms with Gasteiger partial charge in [-0.2, -0.15) is 0 Å². The van der Waals surface area contributed by atoms with Gasteiger partial charge < -0.3 is 10.2 Å². The van der Waals surface area contributed by atoms with Gasteiger partial charge in [0.1, 0.15) is 0 Å². The van der Waals surface area contributed by atoms with Crippen molar-refractivity contribution in [3.05, 3.63) is 34.9 Å². The summed E-state index contributed by atoms with van der Waals surface area (Å²) in [7, 11) is 2.21. The lowest BCUT2D eigenvalue weighted by Gasteiger charge is -2.30. The number of nitrogens with one attached hydrogen (secondary N) is 1. The SMILES string of the molecule is CC(NCC1CCCN(C)C1)c1ccccc1Cl. The number of benzene rings is 1. The van der Waals surface area contributed by atoms with E-state index in [-0.39, 0.29) is 0 Å². The van der Waals surface area contributed by atoms with Gasteiger partial charge in [0.2, 0.25) is 0 Å². The molecule has 1 aliphatic heterocycles. The number of hydrogen-bond donors (Lipinski definition) is 1. The molecule has 0 aliphatic carbocycles. The monoisotopic (exact) mass is 266 g/mol. The Morgan fingerprint density at radius 2 is 2.22 bits per heavy atom. The second-order valence-electron chi connectivity index (χ2n) is 5.42. The third-order valence-corrected chi connectivity index (χ3v) is 4.15. The van der Waals surface area contributed by atoms with Crippen molar-refractivity contribution in [2.75, 3.05) is 26.7 Å². The first-order valence-electron chi connectivity index (χ1n) is 6.83. The van der Waals surface area contributed by atoms with Gasteiger partial charge in [-0.1, -0.05) is 29.8 Å². The van der Waals surface area contributed by atoms with Crippen molar-refractivity contribution in [1.29, 1.82) is 0 Å². The van der Waals surface area contributed by atoms with Gasteiger partial charge in [0.05, 0.1) is 0 Å². The van der Waals surface area contributed by atoms with E-state index in [4.69, 9.17) is 11.6 Å². The van der Waals surface area contributed by atoms with Crippen LogP contribution in [0.3, 0.4) is 0 Å². The lowest BCUT2D eigenvalue weighted by molar-refractivity contribution is 0.203. The molecule has 0 amide bonds. The Kier molecular flexibility index (Phi) is 5.04. The normalized spacial score (nSPS) is 22.9. The molecular formula is C15H23ClN2. The minimum Gasteiger partial charge on any atom is -0.310 e. The Morgan fingerprint density at radius 3 is 2.94 bits per heavy atom. The number of piperidine rings is 1. The number of halogens is 1. The predicted octanol–water partition coefficient (Wildman–Crippen LogP) is 3.33. The molecule has 0 aromatic heterocycles. The molecule has 1 N–H and O–H groups in total. The molecule has 1 fully saturated rings. The van der Waals surface area contributed by atoms with E-state index in [1.54, 1.807) is 0 Å². The largest absolute Gasteiger partial charge is 0.310 e. The van der Waals surface area contributed by atoms with E-state index in [1.807, 2.05) is 18.2 Å². The molecule has 0 radical (unpaired) electrons. The van der Waals surface area contributed by atoms with Crippen LogP contribution in [0.1, 0.15) is 31.4 Å². The van der Waals surface area contributed by atoms with Gasteiger partial charge in [0.15, 0.2) is 0 Å². The van der Waals surface area contributed by atoms with Gasteiger partial charge in [-0.05, 0) is 57.5 Å². The highest BCUT2D eigenvalue weighted by Gasteiger charge is 2.18. The lowest BCUT2D eigenvalue weighted by Crippen LogP contribution is -2.38. The molecule has 2 rings (SSSR count). The molecule has 0 bridgehead atoms. The molecule has 2 atom stereocenters. The smallest absolute Gasteiger partial charge is 0.0453 e. The molecule has 1 aliphatic rings. The maximum absolute atomic E-state index is 6.22. The Balaban J connectivity index is 1.84. The lowest BCUT2D eigenvalue weighted by atomic mass is 9.97. The second kappa shape index (κ2) is 6.55. The average Bonchev–Trinajstić information content (AvgIpc) is 2.37. The number of likely N-dealkylation sites (tertiary alicyclic amines) is 1. The zero-order valence-corrected chi connectivity index (χ0v) is 12.1. The average molecular weight is 267 g/mol. The maximum atomic E-state index is 6.22. The predicted molar refractivity (Wildman–Crippen MR) is 78.1 cm³/mol. The fourth-order valence-corrected chi connectivity index (χ4v) is 3.02. The molecular weight excluding hydrogens is 244 g/mol. The van der Waals surface area contributed by atoms with Gasteiger partial charge >= 0.3 is 0 Å². The van der Waals surface area contributed by atoms with E-state index in [2.05, 4.69) is 30.3 Å². The summed E-state index contributed by atoms with van der Waals surface area (Å²) in [6.45, 7) is 5.73. The van der Waals surface area contributed by atoms with Crippen LogP contribution in [0.5, 0.6) is 0 Å². The molecule has 1 aromatic rings. The first-order valence-corrected chi connectivity index (χ1v) is 7.21. The molecule has 2 unspecified atom stereocenters. The summed E-state index contributed by atoms with van der Waals surface area (Å²) in [4.78, 5) is 2.43. The Morgan fingerprint density at radius 1 is 1.44 bits per heavy atom. The van der Waals surface area contributed by atoms with E-state index in [0.717, 1.165) is 17.5 Å². The fourth-order valence-electron chi connectivity index (χ4n) is 2.72. The summed E-state index contributed by atoms with van der Waals surface area (Å²) < 4.78 is 0. The highest BCUT2D eigenvalue weighted by atomic mass is 35.5. The van der Waals surface area contributed by atoms with Crippen LogP contribution in [0.15, 0.2) is 24.3 Å². The van der Waals surface area contributed by atoms with Crippen LogP contribution < -0.4 is 5.32 Å². The molecule has 3 heteroatoms. The molecule has 1 aromatic carbocycles. The van der Waals surface area contributed by atoms with Crippen molar-refractivity contribution in [1.82, 2.24) is 10.2 Å². The van der Waals surface area contributed by atoms with E-state index in [1.165, 1.54) is 31.5 Å². The summed E-state index contributed by atoms with van der Waals surface area (Å²) in [5.41, 5.74) is 1.20. The maximum Gasteiger partial charge on any atom is 0.0453 e. The van der Waals surface area contributed by atoms with Crippen molar-refractivity contribution < 1.29 is 0 Å². The standard InChI is InChI=1S/C15H23ClN2/c1-12(14-7-3-4-8-15(14)16)17-10-13-6-5-9-18(2)11-13/h3-4,7-8,12-13,17H,5-6,9-11H2,1-2H3. The molecule has 1 heterocycles. The zero-order valence-electron chi connectivity index (χ0n) is 11.3. The Bertz CT molecular complexity index is 381. The van der Waals surface area contributed by atoms with Crippen LogP contribution in [0.4, 0.5) is 0 Å². The molecule has 100 valence electrons. The molecule has 18 heavy (non-hydrogen) atoms. The first-order chi connectivity index (χ1) is 8.66. The van der Waals surface area contributed by atoms with Crippen LogP contribution >= 0.6 is 11.6 Å². The quantitative estimate of drug-likeness (QED) is 0.899. The van der Waals surface area contributed by atoms with Crippen molar-refractivity contribution >= 4 is 11.6 Å². The minimum atomic E-state index is 0.325. The summed E-state index contributed by atoms with van der Waals surface area (Å²) in [5.74, 6) is 0.772. The van der Waals surface area contributed by atoms with Crippen LogP contribution in [-0.4, -0.2) is 31.6 Å². The number of nitrogens with zero attached hydrogens (tertiary/aromatic N) is 1. The third kappa shape index (κ3) is 3.71. The van der Waals surface area contributed by atoms with Gasteiger partial charge in [0.25, 0.3) is 0 Å². The zero-order chi connectivity index (χ0) is 13.0. The number of rotatable bonds is 4. The first kappa shape index (κ1) is 13.9. The van der Waals surface area contributed by atoms with Crippen LogP contribution in [0, 0.1) is 5.92 Å². The second-order valence-corrected chi connectivity index (χ2v) is 5.83. The molecule has 2 nitrogen and oxygen atoms in total. The van der Waals surface area contributed by atoms with Gasteiger partial charge in [0, 0.05) is 17.6 Å².